The topological polar surface area (TPSA) is 21.6 Å². The molecule has 0 spiro atoms. The Morgan fingerprint density at radius 3 is 2.50 bits per heavy atom. The second kappa shape index (κ2) is 6.59. The average Bonchev–Trinajstić information content (AvgIpc) is 1.98. The molecule has 0 fully saturated rings. The van der Waals surface area contributed by atoms with Crippen LogP contribution >= 0.6 is 0 Å². The van der Waals surface area contributed by atoms with Crippen molar-refractivity contribution in [2.45, 2.75) is 39.5 Å². The van der Waals surface area contributed by atoms with Gasteiger partial charge in [-0.1, -0.05) is 25.4 Å². The maximum atomic E-state index is 4.68. The zero-order valence-corrected chi connectivity index (χ0v) is 7.18. The summed E-state index contributed by atoms with van der Waals surface area (Å²) in [5.74, 6) is 0. The molecule has 0 unspecified atom stereocenters. The van der Waals surface area contributed by atoms with Gasteiger partial charge in [0.25, 0.3) is 0 Å². The maximum absolute atomic E-state index is 4.68. The average molecular weight is 143 g/mol. The van der Waals surface area contributed by atoms with E-state index in [0.29, 0.717) is 0 Å². The maximum Gasteiger partial charge on any atom is 0.106 e. The highest BCUT2D eigenvalue weighted by molar-refractivity contribution is 5.83. The normalized spacial score (nSPS) is 11.7. The van der Waals surface area contributed by atoms with Crippen molar-refractivity contribution in [2.24, 2.45) is 5.16 Å². The first-order valence-corrected chi connectivity index (χ1v) is 3.94. The Hall–Kier alpha value is -0.530. The van der Waals surface area contributed by atoms with E-state index in [2.05, 4.69) is 23.8 Å². The number of unbranched alkanes of at least 4 members (excludes halogenated alkanes) is 1. The van der Waals surface area contributed by atoms with Crippen LogP contribution in [-0.4, -0.2) is 12.8 Å². The van der Waals surface area contributed by atoms with Crippen molar-refractivity contribution < 1.29 is 4.84 Å². The summed E-state index contributed by atoms with van der Waals surface area (Å²) < 4.78 is 0. The summed E-state index contributed by atoms with van der Waals surface area (Å²) in [6.07, 6.45) is 4.54. The van der Waals surface area contributed by atoms with Crippen LogP contribution in [0.15, 0.2) is 5.16 Å². The Morgan fingerprint density at radius 2 is 2.10 bits per heavy atom. The van der Waals surface area contributed by atoms with Crippen molar-refractivity contribution in [1.82, 2.24) is 0 Å². The Morgan fingerprint density at radius 1 is 1.40 bits per heavy atom. The van der Waals surface area contributed by atoms with Gasteiger partial charge in [0.05, 0.1) is 5.71 Å². The monoisotopic (exact) mass is 143 g/mol. The van der Waals surface area contributed by atoms with Gasteiger partial charge in [-0.15, -0.1) is 0 Å². The van der Waals surface area contributed by atoms with E-state index in [-0.39, 0.29) is 0 Å². The summed E-state index contributed by atoms with van der Waals surface area (Å²) >= 11 is 0. The molecule has 0 atom stereocenters. The Bertz CT molecular complexity index is 99.4. The van der Waals surface area contributed by atoms with Crippen LogP contribution in [0.4, 0.5) is 0 Å². The highest BCUT2D eigenvalue weighted by atomic mass is 16.6. The van der Waals surface area contributed by atoms with Gasteiger partial charge in [-0.25, -0.2) is 0 Å². The van der Waals surface area contributed by atoms with Crippen LogP contribution in [0.2, 0.25) is 0 Å². The van der Waals surface area contributed by atoms with E-state index in [9.17, 15) is 0 Å². The van der Waals surface area contributed by atoms with Crippen LogP contribution in [0.5, 0.6) is 0 Å². The highest BCUT2D eigenvalue weighted by Crippen LogP contribution is 2.00. The molecule has 2 heteroatoms. The van der Waals surface area contributed by atoms with E-state index in [4.69, 9.17) is 0 Å². The van der Waals surface area contributed by atoms with Gasteiger partial charge in [0.15, 0.2) is 0 Å². The van der Waals surface area contributed by atoms with Gasteiger partial charge in [0, 0.05) is 0 Å². The van der Waals surface area contributed by atoms with Crippen molar-refractivity contribution in [3.05, 3.63) is 0 Å². The summed E-state index contributed by atoms with van der Waals surface area (Å²) in [6, 6.07) is 0. The fraction of sp³-hybridized carbons (Fsp3) is 0.875. The van der Waals surface area contributed by atoms with Gasteiger partial charge in [-0.2, -0.15) is 0 Å². The number of rotatable bonds is 5. The molecule has 0 saturated heterocycles. The summed E-state index contributed by atoms with van der Waals surface area (Å²) in [6.45, 7) is 4.29. The van der Waals surface area contributed by atoms with E-state index in [1.165, 1.54) is 18.6 Å². The lowest BCUT2D eigenvalue weighted by atomic mass is 10.1. The zero-order chi connectivity index (χ0) is 7.82. The summed E-state index contributed by atoms with van der Waals surface area (Å²) in [5, 5.41) is 3.90. The summed E-state index contributed by atoms with van der Waals surface area (Å²) in [4.78, 5) is 4.68. The molecule has 0 aliphatic heterocycles. The Labute approximate surface area is 63.3 Å². The summed E-state index contributed by atoms with van der Waals surface area (Å²) in [7, 11) is 1.60. The third-order valence-electron chi connectivity index (χ3n) is 1.45. The molecule has 0 heterocycles. The minimum atomic E-state index is 1.01. The second-order valence-electron chi connectivity index (χ2n) is 2.30. The lowest BCUT2D eigenvalue weighted by Gasteiger charge is -1.99. The van der Waals surface area contributed by atoms with Crippen LogP contribution in [-0.2, 0) is 4.84 Å². The van der Waals surface area contributed by atoms with Gasteiger partial charge in [0.1, 0.15) is 7.11 Å². The lowest BCUT2D eigenvalue weighted by molar-refractivity contribution is 0.211. The standard InChI is InChI=1S/C8H17NO/c1-4-6-7-8(5-2)9-10-3/h4-7H2,1-3H3/b9-8+. The van der Waals surface area contributed by atoms with Gasteiger partial charge in [-0.05, 0) is 19.3 Å². The molecular formula is C8H17NO. The third-order valence-corrected chi connectivity index (χ3v) is 1.45. The number of hydrogen-bond acceptors (Lipinski definition) is 2. The number of hydrogen-bond donors (Lipinski definition) is 0. The first-order chi connectivity index (χ1) is 4.85. The van der Waals surface area contributed by atoms with Gasteiger partial charge >= 0.3 is 0 Å². The van der Waals surface area contributed by atoms with E-state index >= 15 is 0 Å². The van der Waals surface area contributed by atoms with Crippen LogP contribution in [0, 0.1) is 0 Å². The zero-order valence-electron chi connectivity index (χ0n) is 7.18. The lowest BCUT2D eigenvalue weighted by Crippen LogP contribution is -1.96. The van der Waals surface area contributed by atoms with Gasteiger partial charge in [-0.3, -0.25) is 0 Å². The molecule has 0 saturated carbocycles. The molecule has 0 aliphatic carbocycles. The molecule has 2 nitrogen and oxygen atoms in total. The largest absolute Gasteiger partial charge is 0.399 e. The van der Waals surface area contributed by atoms with Crippen LogP contribution < -0.4 is 0 Å². The molecule has 0 bridgehead atoms. The Balaban J connectivity index is 3.49. The second-order valence-corrected chi connectivity index (χ2v) is 2.30. The fourth-order valence-electron chi connectivity index (χ4n) is 0.797. The first-order valence-electron chi connectivity index (χ1n) is 3.94. The first kappa shape index (κ1) is 9.47. The molecule has 0 aliphatic rings. The van der Waals surface area contributed by atoms with Crippen LogP contribution in [0.3, 0.4) is 0 Å². The molecule has 0 radical (unpaired) electrons. The van der Waals surface area contributed by atoms with Gasteiger partial charge in [0.2, 0.25) is 0 Å². The molecule has 0 aromatic rings. The van der Waals surface area contributed by atoms with Gasteiger partial charge < -0.3 is 4.84 Å². The third kappa shape index (κ3) is 4.36. The summed E-state index contributed by atoms with van der Waals surface area (Å²) in [5.41, 5.74) is 1.17. The molecule has 10 heavy (non-hydrogen) atoms. The number of oxime groups is 1. The SMILES string of the molecule is CCCC/C(CC)=N/OC. The predicted molar refractivity (Wildman–Crippen MR) is 44.3 cm³/mol. The molecule has 0 amide bonds. The quantitative estimate of drug-likeness (QED) is 0.428. The van der Waals surface area contributed by atoms with Crippen molar-refractivity contribution in [3.8, 4) is 0 Å². The van der Waals surface area contributed by atoms with Crippen LogP contribution in [0.25, 0.3) is 0 Å². The van der Waals surface area contributed by atoms with Crippen molar-refractivity contribution >= 4 is 5.71 Å². The molecule has 0 aromatic carbocycles. The predicted octanol–water partition coefficient (Wildman–Crippen LogP) is 2.59. The minimum absolute atomic E-state index is 1.01. The van der Waals surface area contributed by atoms with E-state index in [0.717, 1.165) is 12.8 Å². The van der Waals surface area contributed by atoms with Crippen molar-refractivity contribution in [1.29, 1.82) is 0 Å². The molecule has 0 aromatic heterocycles. The van der Waals surface area contributed by atoms with E-state index in [1.807, 2.05) is 0 Å². The van der Waals surface area contributed by atoms with Crippen molar-refractivity contribution in [3.63, 3.8) is 0 Å². The highest BCUT2D eigenvalue weighted by Gasteiger charge is 1.94. The minimum Gasteiger partial charge on any atom is -0.399 e. The number of nitrogens with zero attached hydrogens (tertiary/aromatic N) is 1. The smallest absolute Gasteiger partial charge is 0.106 e. The fourth-order valence-corrected chi connectivity index (χ4v) is 0.797. The molecule has 60 valence electrons. The van der Waals surface area contributed by atoms with E-state index in [1.54, 1.807) is 7.11 Å². The molecule has 0 rings (SSSR count). The van der Waals surface area contributed by atoms with Crippen molar-refractivity contribution in [2.75, 3.05) is 7.11 Å². The van der Waals surface area contributed by atoms with Crippen LogP contribution in [0.1, 0.15) is 39.5 Å². The Kier molecular flexibility index (Phi) is 6.24. The van der Waals surface area contributed by atoms with E-state index < -0.39 is 0 Å². The molecule has 0 N–H and O–H groups in total. The molecular weight excluding hydrogens is 126 g/mol.